The lowest BCUT2D eigenvalue weighted by Crippen LogP contribution is -2.27. The van der Waals surface area contributed by atoms with Crippen molar-refractivity contribution >= 4 is 5.91 Å². The third-order valence-corrected chi connectivity index (χ3v) is 4.10. The Labute approximate surface area is 148 Å². The lowest BCUT2D eigenvalue weighted by Gasteiger charge is -2.07. The standard InChI is InChI=1S/C21H22N2O2/c1-25-20-10-6-17(7-11-20)12-13-22-21(24)16-18-4-8-19(9-5-18)23-14-2-3-15-23/h2-11,14-15H,12-13,16H2,1H3,(H,22,24). The molecule has 0 saturated carbocycles. The van der Waals surface area contributed by atoms with E-state index in [0.717, 1.165) is 23.4 Å². The second-order valence-electron chi connectivity index (χ2n) is 5.88. The Hall–Kier alpha value is -3.01. The number of methoxy groups -OCH3 is 1. The second kappa shape index (κ2) is 8.20. The highest BCUT2D eigenvalue weighted by molar-refractivity contribution is 5.78. The van der Waals surface area contributed by atoms with Gasteiger partial charge in [-0.05, 0) is 53.9 Å². The minimum atomic E-state index is 0.0437. The molecule has 0 saturated heterocycles. The summed E-state index contributed by atoms with van der Waals surface area (Å²) in [7, 11) is 1.65. The second-order valence-corrected chi connectivity index (χ2v) is 5.88. The van der Waals surface area contributed by atoms with Gasteiger partial charge in [-0.25, -0.2) is 0 Å². The minimum absolute atomic E-state index is 0.0437. The average molecular weight is 334 g/mol. The summed E-state index contributed by atoms with van der Waals surface area (Å²) in [6.07, 6.45) is 5.21. The number of carbonyl (C=O) groups excluding carboxylic acids is 1. The number of ether oxygens (including phenoxy) is 1. The lowest BCUT2D eigenvalue weighted by atomic mass is 10.1. The maximum Gasteiger partial charge on any atom is 0.224 e. The zero-order chi connectivity index (χ0) is 17.5. The van der Waals surface area contributed by atoms with E-state index in [1.807, 2.05) is 77.6 Å². The predicted octanol–water partition coefficient (Wildman–Crippen LogP) is 3.39. The lowest BCUT2D eigenvalue weighted by molar-refractivity contribution is -0.120. The molecule has 2 aromatic carbocycles. The molecule has 0 spiro atoms. The van der Waals surface area contributed by atoms with Crippen LogP contribution in [0.15, 0.2) is 73.1 Å². The van der Waals surface area contributed by atoms with Crippen molar-refractivity contribution in [2.45, 2.75) is 12.8 Å². The molecule has 0 aliphatic carbocycles. The highest BCUT2D eigenvalue weighted by atomic mass is 16.5. The quantitative estimate of drug-likeness (QED) is 0.720. The van der Waals surface area contributed by atoms with Crippen LogP contribution in [0.25, 0.3) is 5.69 Å². The molecule has 0 aliphatic rings. The van der Waals surface area contributed by atoms with E-state index in [1.54, 1.807) is 7.11 Å². The Morgan fingerprint density at radius 2 is 1.60 bits per heavy atom. The van der Waals surface area contributed by atoms with E-state index in [2.05, 4.69) is 5.32 Å². The van der Waals surface area contributed by atoms with Gasteiger partial charge in [0, 0.05) is 24.6 Å². The number of hydrogen-bond donors (Lipinski definition) is 1. The first-order valence-corrected chi connectivity index (χ1v) is 8.36. The van der Waals surface area contributed by atoms with E-state index in [0.29, 0.717) is 13.0 Å². The van der Waals surface area contributed by atoms with Gasteiger partial charge in [-0.2, -0.15) is 0 Å². The highest BCUT2D eigenvalue weighted by Gasteiger charge is 2.04. The van der Waals surface area contributed by atoms with Gasteiger partial charge in [-0.1, -0.05) is 24.3 Å². The SMILES string of the molecule is COc1ccc(CCNC(=O)Cc2ccc(-n3cccc3)cc2)cc1. The van der Waals surface area contributed by atoms with Crippen molar-refractivity contribution in [3.8, 4) is 11.4 Å². The van der Waals surface area contributed by atoms with E-state index in [1.165, 1.54) is 5.56 Å². The molecule has 0 aliphatic heterocycles. The van der Waals surface area contributed by atoms with Gasteiger partial charge in [-0.15, -0.1) is 0 Å². The molecule has 0 atom stereocenters. The number of amides is 1. The number of nitrogens with one attached hydrogen (secondary N) is 1. The number of nitrogens with zero attached hydrogens (tertiary/aromatic N) is 1. The Bertz CT molecular complexity index is 791. The molecule has 3 aromatic rings. The number of hydrogen-bond acceptors (Lipinski definition) is 2. The monoisotopic (exact) mass is 334 g/mol. The van der Waals surface area contributed by atoms with Gasteiger partial charge in [0.25, 0.3) is 0 Å². The zero-order valence-electron chi connectivity index (χ0n) is 14.3. The molecule has 25 heavy (non-hydrogen) atoms. The Kier molecular flexibility index (Phi) is 5.52. The largest absolute Gasteiger partial charge is 0.497 e. The summed E-state index contributed by atoms with van der Waals surface area (Å²) in [5, 5.41) is 2.97. The summed E-state index contributed by atoms with van der Waals surface area (Å²) >= 11 is 0. The van der Waals surface area contributed by atoms with Crippen molar-refractivity contribution in [2.24, 2.45) is 0 Å². The van der Waals surface area contributed by atoms with Crippen LogP contribution < -0.4 is 10.1 Å². The third-order valence-electron chi connectivity index (χ3n) is 4.10. The van der Waals surface area contributed by atoms with E-state index in [4.69, 9.17) is 4.74 Å². The van der Waals surface area contributed by atoms with Crippen molar-refractivity contribution in [2.75, 3.05) is 13.7 Å². The number of carbonyl (C=O) groups is 1. The smallest absolute Gasteiger partial charge is 0.224 e. The fourth-order valence-corrected chi connectivity index (χ4v) is 2.68. The molecule has 1 heterocycles. The van der Waals surface area contributed by atoms with Crippen molar-refractivity contribution in [3.05, 3.63) is 84.2 Å². The number of rotatable bonds is 7. The molecule has 0 radical (unpaired) electrons. The van der Waals surface area contributed by atoms with E-state index < -0.39 is 0 Å². The van der Waals surface area contributed by atoms with Crippen LogP contribution in [0.3, 0.4) is 0 Å². The van der Waals surface area contributed by atoms with Gasteiger partial charge < -0.3 is 14.6 Å². The molecule has 3 rings (SSSR count). The molecule has 0 bridgehead atoms. The van der Waals surface area contributed by atoms with Crippen LogP contribution in [-0.4, -0.2) is 24.1 Å². The van der Waals surface area contributed by atoms with Crippen LogP contribution in [-0.2, 0) is 17.6 Å². The first kappa shape index (κ1) is 16.8. The van der Waals surface area contributed by atoms with Gasteiger partial charge in [0.15, 0.2) is 0 Å². The van der Waals surface area contributed by atoms with Crippen LogP contribution in [0, 0.1) is 0 Å². The molecule has 0 fully saturated rings. The normalized spacial score (nSPS) is 10.4. The fraction of sp³-hybridized carbons (Fsp3) is 0.190. The Morgan fingerprint density at radius 1 is 0.960 bits per heavy atom. The molecule has 4 heteroatoms. The molecule has 0 unspecified atom stereocenters. The maximum atomic E-state index is 12.1. The van der Waals surface area contributed by atoms with E-state index in [-0.39, 0.29) is 5.91 Å². The maximum absolute atomic E-state index is 12.1. The number of aromatic nitrogens is 1. The van der Waals surface area contributed by atoms with Gasteiger partial charge in [0.2, 0.25) is 5.91 Å². The van der Waals surface area contributed by atoms with Crippen LogP contribution in [0.4, 0.5) is 0 Å². The first-order valence-electron chi connectivity index (χ1n) is 8.36. The Morgan fingerprint density at radius 3 is 2.24 bits per heavy atom. The van der Waals surface area contributed by atoms with E-state index >= 15 is 0 Å². The molecular weight excluding hydrogens is 312 g/mol. The summed E-state index contributed by atoms with van der Waals surface area (Å²) < 4.78 is 7.18. The van der Waals surface area contributed by atoms with Crippen molar-refractivity contribution < 1.29 is 9.53 Å². The van der Waals surface area contributed by atoms with Gasteiger partial charge in [0.1, 0.15) is 5.75 Å². The molecule has 4 nitrogen and oxygen atoms in total. The molecule has 1 aromatic heterocycles. The summed E-state index contributed by atoms with van der Waals surface area (Å²) in [5.74, 6) is 0.887. The summed E-state index contributed by atoms with van der Waals surface area (Å²) in [5.41, 5.74) is 3.28. The van der Waals surface area contributed by atoms with Gasteiger partial charge in [-0.3, -0.25) is 4.79 Å². The van der Waals surface area contributed by atoms with E-state index in [9.17, 15) is 4.79 Å². The van der Waals surface area contributed by atoms with Crippen molar-refractivity contribution in [3.63, 3.8) is 0 Å². The van der Waals surface area contributed by atoms with Crippen LogP contribution in [0.5, 0.6) is 5.75 Å². The average Bonchev–Trinajstić information content (AvgIpc) is 3.18. The summed E-state index contributed by atoms with van der Waals surface area (Å²) in [6.45, 7) is 0.632. The molecule has 128 valence electrons. The highest BCUT2D eigenvalue weighted by Crippen LogP contribution is 2.12. The van der Waals surface area contributed by atoms with Crippen molar-refractivity contribution in [1.82, 2.24) is 9.88 Å². The minimum Gasteiger partial charge on any atom is -0.497 e. The zero-order valence-corrected chi connectivity index (χ0v) is 14.3. The first-order chi connectivity index (χ1) is 12.2. The summed E-state index contributed by atoms with van der Waals surface area (Å²) in [6, 6.07) is 19.9. The molecule has 1 N–H and O–H groups in total. The topological polar surface area (TPSA) is 43.3 Å². The van der Waals surface area contributed by atoms with Crippen LogP contribution >= 0.6 is 0 Å². The number of benzene rings is 2. The van der Waals surface area contributed by atoms with Gasteiger partial charge >= 0.3 is 0 Å². The Balaban J connectivity index is 1.45. The van der Waals surface area contributed by atoms with Crippen LogP contribution in [0.1, 0.15) is 11.1 Å². The molecule has 1 amide bonds. The van der Waals surface area contributed by atoms with Gasteiger partial charge in [0.05, 0.1) is 13.5 Å². The molecular formula is C21H22N2O2. The van der Waals surface area contributed by atoms with Crippen LogP contribution in [0.2, 0.25) is 0 Å². The fourth-order valence-electron chi connectivity index (χ4n) is 2.68. The van der Waals surface area contributed by atoms with Crippen molar-refractivity contribution in [1.29, 1.82) is 0 Å². The summed E-state index contributed by atoms with van der Waals surface area (Å²) in [4.78, 5) is 12.1. The third kappa shape index (κ3) is 4.73. The predicted molar refractivity (Wildman–Crippen MR) is 99.2 cm³/mol.